The molecule has 0 aromatic heterocycles. The third-order valence-corrected chi connectivity index (χ3v) is 3.58. The van der Waals surface area contributed by atoms with E-state index in [9.17, 15) is 9.59 Å². The van der Waals surface area contributed by atoms with Gasteiger partial charge in [0.05, 0.1) is 12.8 Å². The number of anilines is 1. The summed E-state index contributed by atoms with van der Waals surface area (Å²) in [5.74, 6) is 0.0707. The van der Waals surface area contributed by atoms with Gasteiger partial charge in [0.15, 0.2) is 0 Å². The maximum Gasteiger partial charge on any atom is 0.251 e. The van der Waals surface area contributed by atoms with E-state index in [-0.39, 0.29) is 24.3 Å². The highest BCUT2D eigenvalue weighted by molar-refractivity contribution is 6.31. The molecule has 2 aromatic carbocycles. The van der Waals surface area contributed by atoms with Crippen molar-refractivity contribution in [2.45, 2.75) is 19.4 Å². The van der Waals surface area contributed by atoms with E-state index in [1.54, 1.807) is 49.4 Å². The van der Waals surface area contributed by atoms with E-state index in [1.807, 2.05) is 6.07 Å². The Kier molecular flexibility index (Phi) is 6.21. The molecule has 0 spiro atoms. The van der Waals surface area contributed by atoms with Crippen LogP contribution < -0.4 is 15.4 Å². The van der Waals surface area contributed by atoms with Crippen molar-refractivity contribution in [3.63, 3.8) is 0 Å². The molecule has 2 amide bonds. The average Bonchev–Trinajstić information content (AvgIpc) is 2.55. The molecule has 0 saturated carbocycles. The zero-order chi connectivity index (χ0) is 17.5. The van der Waals surface area contributed by atoms with E-state index in [0.717, 1.165) is 0 Å². The molecule has 0 radical (unpaired) electrons. The molecule has 1 atom stereocenters. The van der Waals surface area contributed by atoms with Gasteiger partial charge in [0, 0.05) is 23.0 Å². The van der Waals surface area contributed by atoms with Crippen LogP contribution in [0.15, 0.2) is 48.5 Å². The Morgan fingerprint density at radius 2 is 1.88 bits per heavy atom. The van der Waals surface area contributed by atoms with Crippen molar-refractivity contribution in [2.75, 3.05) is 12.4 Å². The minimum absolute atomic E-state index is 0.133. The molecule has 0 bridgehead atoms. The fraction of sp³-hybridized carbons (Fsp3) is 0.222. The van der Waals surface area contributed by atoms with E-state index in [4.69, 9.17) is 16.3 Å². The Balaban J connectivity index is 1.92. The second kappa shape index (κ2) is 8.36. The minimum atomic E-state index is -0.317. The molecule has 0 saturated heterocycles. The predicted octanol–water partition coefficient (Wildman–Crippen LogP) is 3.50. The SMILES string of the molecule is COc1ccc(Cl)cc1NC(=O)CC(C)NC(=O)c1ccccc1. The Morgan fingerprint density at radius 1 is 1.17 bits per heavy atom. The summed E-state index contributed by atoms with van der Waals surface area (Å²) in [6, 6.07) is 13.5. The summed E-state index contributed by atoms with van der Waals surface area (Å²) in [4.78, 5) is 24.2. The lowest BCUT2D eigenvalue weighted by Gasteiger charge is -2.15. The lowest BCUT2D eigenvalue weighted by Crippen LogP contribution is -2.35. The number of nitrogens with one attached hydrogen (secondary N) is 2. The molecule has 0 fully saturated rings. The normalized spacial score (nSPS) is 11.5. The van der Waals surface area contributed by atoms with Crippen LogP contribution in [0.5, 0.6) is 5.75 Å². The first-order valence-electron chi connectivity index (χ1n) is 7.49. The van der Waals surface area contributed by atoms with Crippen LogP contribution in [0, 0.1) is 0 Å². The Hall–Kier alpha value is -2.53. The molecule has 0 aliphatic heterocycles. The number of rotatable bonds is 6. The number of benzene rings is 2. The zero-order valence-electron chi connectivity index (χ0n) is 13.5. The number of halogens is 1. The van der Waals surface area contributed by atoms with Gasteiger partial charge in [-0.2, -0.15) is 0 Å². The number of carbonyl (C=O) groups is 2. The van der Waals surface area contributed by atoms with E-state index < -0.39 is 0 Å². The number of ether oxygens (including phenoxy) is 1. The third-order valence-electron chi connectivity index (χ3n) is 3.34. The molecule has 0 aliphatic rings. The van der Waals surface area contributed by atoms with Crippen LogP contribution >= 0.6 is 11.6 Å². The molecular weight excluding hydrogens is 328 g/mol. The van der Waals surface area contributed by atoms with Crippen LogP contribution in [0.3, 0.4) is 0 Å². The van der Waals surface area contributed by atoms with Crippen LogP contribution in [-0.2, 0) is 4.79 Å². The van der Waals surface area contributed by atoms with Gasteiger partial charge < -0.3 is 15.4 Å². The smallest absolute Gasteiger partial charge is 0.251 e. The van der Waals surface area contributed by atoms with Gasteiger partial charge >= 0.3 is 0 Å². The number of carbonyl (C=O) groups excluding carboxylic acids is 2. The molecule has 0 aliphatic carbocycles. The first kappa shape index (κ1) is 17.8. The predicted molar refractivity (Wildman–Crippen MR) is 94.6 cm³/mol. The maximum absolute atomic E-state index is 12.2. The second-order valence-corrected chi connectivity index (χ2v) is 5.77. The maximum atomic E-state index is 12.2. The fourth-order valence-corrected chi connectivity index (χ4v) is 2.38. The lowest BCUT2D eigenvalue weighted by atomic mass is 10.1. The van der Waals surface area contributed by atoms with Crippen molar-refractivity contribution in [1.82, 2.24) is 5.32 Å². The summed E-state index contributed by atoms with van der Waals surface area (Å²) < 4.78 is 5.19. The third kappa shape index (κ3) is 4.99. The summed E-state index contributed by atoms with van der Waals surface area (Å²) in [6.45, 7) is 1.77. The molecule has 5 nitrogen and oxygen atoms in total. The van der Waals surface area contributed by atoms with Gasteiger partial charge in [-0.1, -0.05) is 29.8 Å². The molecule has 126 valence electrons. The fourth-order valence-electron chi connectivity index (χ4n) is 2.20. The number of hydrogen-bond donors (Lipinski definition) is 2. The van der Waals surface area contributed by atoms with Crippen molar-refractivity contribution in [3.05, 3.63) is 59.1 Å². The average molecular weight is 347 g/mol. The Labute approximate surface area is 146 Å². The van der Waals surface area contributed by atoms with E-state index in [1.165, 1.54) is 7.11 Å². The quantitative estimate of drug-likeness (QED) is 0.841. The van der Waals surface area contributed by atoms with Crippen LogP contribution in [-0.4, -0.2) is 25.0 Å². The molecule has 0 heterocycles. The van der Waals surface area contributed by atoms with E-state index in [2.05, 4.69) is 10.6 Å². The van der Waals surface area contributed by atoms with Crippen molar-refractivity contribution in [1.29, 1.82) is 0 Å². The highest BCUT2D eigenvalue weighted by atomic mass is 35.5. The minimum Gasteiger partial charge on any atom is -0.495 e. The van der Waals surface area contributed by atoms with Gasteiger partial charge in [0.2, 0.25) is 5.91 Å². The number of hydrogen-bond acceptors (Lipinski definition) is 3. The van der Waals surface area contributed by atoms with Crippen molar-refractivity contribution in [3.8, 4) is 5.75 Å². The van der Waals surface area contributed by atoms with Gasteiger partial charge in [-0.25, -0.2) is 0 Å². The van der Waals surface area contributed by atoms with Gasteiger partial charge in [0.25, 0.3) is 5.91 Å². The van der Waals surface area contributed by atoms with Crippen LogP contribution in [0.1, 0.15) is 23.7 Å². The molecule has 6 heteroatoms. The Bertz CT molecular complexity index is 719. The van der Waals surface area contributed by atoms with Crippen LogP contribution in [0.25, 0.3) is 0 Å². The summed E-state index contributed by atoms with van der Waals surface area (Å²) in [6.07, 6.45) is 0.133. The van der Waals surface area contributed by atoms with Crippen LogP contribution in [0.2, 0.25) is 5.02 Å². The van der Waals surface area contributed by atoms with Crippen LogP contribution in [0.4, 0.5) is 5.69 Å². The first-order valence-corrected chi connectivity index (χ1v) is 7.86. The molecule has 2 rings (SSSR count). The standard InChI is InChI=1S/C18H19ClN2O3/c1-12(20-18(23)13-6-4-3-5-7-13)10-17(22)21-15-11-14(19)8-9-16(15)24-2/h3-9,11-12H,10H2,1-2H3,(H,20,23)(H,21,22). The van der Waals surface area contributed by atoms with E-state index in [0.29, 0.717) is 22.0 Å². The second-order valence-electron chi connectivity index (χ2n) is 5.34. The van der Waals surface area contributed by atoms with E-state index >= 15 is 0 Å². The van der Waals surface area contributed by atoms with Crippen molar-refractivity contribution < 1.29 is 14.3 Å². The number of methoxy groups -OCH3 is 1. The summed E-state index contributed by atoms with van der Waals surface area (Å²) in [7, 11) is 1.52. The van der Waals surface area contributed by atoms with Gasteiger partial charge in [-0.15, -0.1) is 0 Å². The van der Waals surface area contributed by atoms with Gasteiger partial charge in [-0.05, 0) is 37.3 Å². The number of amides is 2. The highest BCUT2D eigenvalue weighted by Crippen LogP contribution is 2.27. The highest BCUT2D eigenvalue weighted by Gasteiger charge is 2.14. The largest absolute Gasteiger partial charge is 0.495 e. The summed E-state index contributed by atoms with van der Waals surface area (Å²) in [5, 5.41) is 6.04. The molecular formula is C18H19ClN2O3. The molecule has 1 unspecified atom stereocenters. The lowest BCUT2D eigenvalue weighted by molar-refractivity contribution is -0.116. The first-order chi connectivity index (χ1) is 11.5. The summed E-state index contributed by atoms with van der Waals surface area (Å²) in [5.41, 5.74) is 1.05. The van der Waals surface area contributed by atoms with Crippen molar-refractivity contribution in [2.24, 2.45) is 0 Å². The molecule has 2 N–H and O–H groups in total. The Morgan fingerprint density at radius 3 is 2.54 bits per heavy atom. The molecule has 2 aromatic rings. The van der Waals surface area contributed by atoms with Crippen molar-refractivity contribution >= 4 is 29.1 Å². The zero-order valence-corrected chi connectivity index (χ0v) is 14.3. The molecule has 24 heavy (non-hydrogen) atoms. The summed E-state index contributed by atoms with van der Waals surface area (Å²) >= 11 is 5.94. The van der Waals surface area contributed by atoms with Gasteiger partial charge in [-0.3, -0.25) is 9.59 Å². The monoisotopic (exact) mass is 346 g/mol. The van der Waals surface area contributed by atoms with Gasteiger partial charge in [0.1, 0.15) is 5.75 Å². The topological polar surface area (TPSA) is 67.4 Å².